The smallest absolute Gasteiger partial charge is 0.0431 e. The Morgan fingerprint density at radius 3 is 2.59 bits per heavy atom. The Morgan fingerprint density at radius 2 is 2.00 bits per heavy atom. The van der Waals surface area contributed by atoms with E-state index in [0.29, 0.717) is 18.1 Å². The van der Waals surface area contributed by atoms with Crippen LogP contribution in [0.4, 0.5) is 0 Å². The quantitative estimate of drug-likeness (QED) is 0.770. The summed E-state index contributed by atoms with van der Waals surface area (Å²) in [5.74, 6) is 0.748. The van der Waals surface area contributed by atoms with Crippen molar-refractivity contribution in [3.8, 4) is 0 Å². The van der Waals surface area contributed by atoms with Crippen LogP contribution in [-0.2, 0) is 0 Å². The van der Waals surface area contributed by atoms with E-state index in [1.54, 1.807) is 0 Å². The van der Waals surface area contributed by atoms with Gasteiger partial charge in [-0.15, -0.1) is 0 Å². The summed E-state index contributed by atoms with van der Waals surface area (Å²) < 4.78 is 0. The van der Waals surface area contributed by atoms with Gasteiger partial charge < -0.3 is 15.3 Å². The third-order valence-corrected chi connectivity index (χ3v) is 3.41. The van der Waals surface area contributed by atoms with Gasteiger partial charge in [0.1, 0.15) is 0 Å². The topological polar surface area (TPSA) is 35.5 Å². The SMILES string of the molecule is CN1CC(CCCO)CC(NCC(C)(C)C)C1. The lowest BCUT2D eigenvalue weighted by Crippen LogP contribution is -2.49. The zero-order chi connectivity index (χ0) is 12.9. The van der Waals surface area contributed by atoms with Crippen molar-refractivity contribution in [3.63, 3.8) is 0 Å². The molecule has 2 unspecified atom stereocenters. The van der Waals surface area contributed by atoms with Gasteiger partial charge in [0.15, 0.2) is 0 Å². The standard InChI is InChI=1S/C14H30N2O/c1-14(2,3)11-15-13-8-12(6-5-7-17)9-16(4)10-13/h12-13,15,17H,5-11H2,1-4H3. The number of piperidine rings is 1. The van der Waals surface area contributed by atoms with Gasteiger partial charge in [-0.05, 0) is 37.6 Å². The normalized spacial score (nSPS) is 27.4. The second-order valence-electron chi connectivity index (χ2n) is 6.83. The van der Waals surface area contributed by atoms with E-state index in [1.165, 1.54) is 13.0 Å². The fourth-order valence-corrected chi connectivity index (χ4v) is 2.63. The van der Waals surface area contributed by atoms with Crippen molar-refractivity contribution >= 4 is 0 Å². The molecule has 2 atom stereocenters. The minimum Gasteiger partial charge on any atom is -0.396 e. The molecule has 0 aromatic carbocycles. The van der Waals surface area contributed by atoms with E-state index in [-0.39, 0.29) is 0 Å². The summed E-state index contributed by atoms with van der Waals surface area (Å²) in [6, 6.07) is 0.622. The number of likely N-dealkylation sites (N-methyl/N-ethyl adjacent to an activating group) is 1. The maximum Gasteiger partial charge on any atom is 0.0431 e. The molecule has 3 heteroatoms. The number of aliphatic hydroxyl groups excluding tert-OH is 1. The molecule has 0 radical (unpaired) electrons. The lowest BCUT2D eigenvalue weighted by molar-refractivity contribution is 0.148. The summed E-state index contributed by atoms with van der Waals surface area (Å²) in [5.41, 5.74) is 0.358. The summed E-state index contributed by atoms with van der Waals surface area (Å²) >= 11 is 0. The van der Waals surface area contributed by atoms with Crippen molar-refractivity contribution in [1.29, 1.82) is 0 Å². The molecule has 0 aromatic rings. The Kier molecular flexibility index (Phi) is 5.90. The monoisotopic (exact) mass is 242 g/mol. The van der Waals surface area contributed by atoms with Crippen LogP contribution in [0.25, 0.3) is 0 Å². The van der Waals surface area contributed by atoms with Crippen LogP contribution in [0.1, 0.15) is 40.0 Å². The van der Waals surface area contributed by atoms with E-state index in [0.717, 1.165) is 31.8 Å². The van der Waals surface area contributed by atoms with Crippen LogP contribution in [0.15, 0.2) is 0 Å². The third-order valence-electron chi connectivity index (χ3n) is 3.41. The number of rotatable bonds is 5. The van der Waals surface area contributed by atoms with E-state index in [2.05, 4.69) is 38.0 Å². The molecule has 1 heterocycles. The Labute approximate surface area is 107 Å². The predicted octanol–water partition coefficient (Wildman–Crippen LogP) is 1.71. The molecule has 1 aliphatic heterocycles. The molecule has 0 spiro atoms. The van der Waals surface area contributed by atoms with E-state index >= 15 is 0 Å². The fourth-order valence-electron chi connectivity index (χ4n) is 2.63. The number of nitrogens with zero attached hydrogens (tertiary/aromatic N) is 1. The predicted molar refractivity (Wildman–Crippen MR) is 73.2 cm³/mol. The molecule has 1 aliphatic rings. The highest BCUT2D eigenvalue weighted by atomic mass is 16.2. The van der Waals surface area contributed by atoms with Gasteiger partial charge in [-0.25, -0.2) is 0 Å². The highest BCUT2D eigenvalue weighted by Crippen LogP contribution is 2.21. The minimum absolute atomic E-state index is 0.334. The van der Waals surface area contributed by atoms with Gasteiger partial charge in [-0.1, -0.05) is 20.8 Å². The summed E-state index contributed by atoms with van der Waals surface area (Å²) in [6.07, 6.45) is 3.37. The molecule has 1 fully saturated rings. The molecule has 0 aliphatic carbocycles. The van der Waals surface area contributed by atoms with Crippen molar-refractivity contribution in [3.05, 3.63) is 0 Å². The van der Waals surface area contributed by atoms with Crippen molar-refractivity contribution in [2.45, 2.75) is 46.1 Å². The van der Waals surface area contributed by atoms with Crippen LogP contribution < -0.4 is 5.32 Å². The molecular formula is C14H30N2O. The van der Waals surface area contributed by atoms with Gasteiger partial charge in [-0.2, -0.15) is 0 Å². The molecule has 102 valence electrons. The van der Waals surface area contributed by atoms with Crippen LogP contribution >= 0.6 is 0 Å². The summed E-state index contributed by atoms with van der Waals surface area (Å²) in [4.78, 5) is 2.42. The molecular weight excluding hydrogens is 212 g/mol. The van der Waals surface area contributed by atoms with E-state index in [1.807, 2.05) is 0 Å². The first-order chi connectivity index (χ1) is 7.90. The molecule has 17 heavy (non-hydrogen) atoms. The van der Waals surface area contributed by atoms with Gasteiger partial charge >= 0.3 is 0 Å². The lowest BCUT2D eigenvalue weighted by atomic mass is 9.89. The molecule has 2 N–H and O–H groups in total. The molecule has 0 aromatic heterocycles. The summed E-state index contributed by atoms with van der Waals surface area (Å²) in [6.45, 7) is 10.6. The molecule has 0 bridgehead atoms. The zero-order valence-electron chi connectivity index (χ0n) is 12.0. The van der Waals surface area contributed by atoms with Gasteiger partial charge in [0.25, 0.3) is 0 Å². The average molecular weight is 242 g/mol. The van der Waals surface area contributed by atoms with Gasteiger partial charge in [0, 0.05) is 32.3 Å². The average Bonchev–Trinajstić information content (AvgIpc) is 2.22. The number of aliphatic hydroxyl groups is 1. The Morgan fingerprint density at radius 1 is 1.29 bits per heavy atom. The number of hydrogen-bond donors (Lipinski definition) is 2. The van der Waals surface area contributed by atoms with E-state index < -0.39 is 0 Å². The Balaban J connectivity index is 2.34. The van der Waals surface area contributed by atoms with Gasteiger partial charge in [0.2, 0.25) is 0 Å². The number of likely N-dealkylation sites (tertiary alicyclic amines) is 1. The second kappa shape index (κ2) is 6.72. The minimum atomic E-state index is 0.334. The molecule has 1 rings (SSSR count). The zero-order valence-corrected chi connectivity index (χ0v) is 12.0. The van der Waals surface area contributed by atoms with Crippen molar-refractivity contribution in [2.24, 2.45) is 11.3 Å². The fraction of sp³-hybridized carbons (Fsp3) is 1.00. The summed E-state index contributed by atoms with van der Waals surface area (Å²) in [7, 11) is 2.21. The first-order valence-electron chi connectivity index (χ1n) is 6.93. The number of hydrogen-bond acceptors (Lipinski definition) is 3. The highest BCUT2D eigenvalue weighted by Gasteiger charge is 2.25. The Bertz CT molecular complexity index is 213. The highest BCUT2D eigenvalue weighted by molar-refractivity contribution is 4.83. The van der Waals surface area contributed by atoms with Crippen LogP contribution in [0.3, 0.4) is 0 Å². The molecule has 1 saturated heterocycles. The molecule has 3 nitrogen and oxygen atoms in total. The first kappa shape index (κ1) is 14.9. The van der Waals surface area contributed by atoms with Gasteiger partial charge in [-0.3, -0.25) is 0 Å². The maximum atomic E-state index is 8.91. The van der Waals surface area contributed by atoms with E-state index in [9.17, 15) is 0 Å². The molecule has 0 saturated carbocycles. The van der Waals surface area contributed by atoms with E-state index in [4.69, 9.17) is 5.11 Å². The number of nitrogens with one attached hydrogen (secondary N) is 1. The maximum absolute atomic E-state index is 8.91. The first-order valence-corrected chi connectivity index (χ1v) is 6.93. The van der Waals surface area contributed by atoms with Gasteiger partial charge in [0.05, 0.1) is 0 Å². The van der Waals surface area contributed by atoms with Crippen LogP contribution in [0.2, 0.25) is 0 Å². The molecule has 0 amide bonds. The van der Waals surface area contributed by atoms with Crippen molar-refractivity contribution in [1.82, 2.24) is 10.2 Å². The Hall–Kier alpha value is -0.120. The van der Waals surface area contributed by atoms with Crippen molar-refractivity contribution in [2.75, 3.05) is 33.3 Å². The second-order valence-corrected chi connectivity index (χ2v) is 6.83. The summed E-state index contributed by atoms with van der Waals surface area (Å²) in [5, 5.41) is 12.6. The van der Waals surface area contributed by atoms with Crippen LogP contribution in [-0.4, -0.2) is 49.3 Å². The van der Waals surface area contributed by atoms with Crippen LogP contribution in [0.5, 0.6) is 0 Å². The van der Waals surface area contributed by atoms with Crippen LogP contribution in [0, 0.1) is 11.3 Å². The van der Waals surface area contributed by atoms with Crippen molar-refractivity contribution < 1.29 is 5.11 Å². The lowest BCUT2D eigenvalue weighted by Gasteiger charge is -2.37. The third kappa shape index (κ3) is 6.39. The largest absolute Gasteiger partial charge is 0.396 e.